The van der Waals surface area contributed by atoms with E-state index in [4.69, 9.17) is 26.3 Å². The summed E-state index contributed by atoms with van der Waals surface area (Å²) in [7, 11) is 0. The lowest BCUT2D eigenvalue weighted by Crippen LogP contribution is -2.47. The van der Waals surface area contributed by atoms with E-state index in [0.717, 1.165) is 36.8 Å². The van der Waals surface area contributed by atoms with E-state index in [1.54, 1.807) is 0 Å². The summed E-state index contributed by atoms with van der Waals surface area (Å²) in [6, 6.07) is 12.9. The number of carboxylic acid groups (broad SMARTS) is 1. The standard InChI is InChI=1S/C19H23ClN2.CH3NO.CH2O2/c1-14-7-8-17(13-18(14)20)21-9-11-22(12-10-21)19-15(2)5-4-6-16(19)3;2*2-1-3/h4-8,13H,9-12H2,1-3H3;1H,(H2,2,3);1H,(H,2,3). The zero-order valence-electron chi connectivity index (χ0n) is 16.6. The molecule has 152 valence electrons. The lowest BCUT2D eigenvalue weighted by molar-refractivity contribution is -0.122. The number of piperazine rings is 1. The van der Waals surface area contributed by atoms with E-state index in [1.165, 1.54) is 22.5 Å². The fourth-order valence-corrected chi connectivity index (χ4v) is 3.45. The Balaban J connectivity index is 0.000000582. The van der Waals surface area contributed by atoms with E-state index >= 15 is 0 Å². The van der Waals surface area contributed by atoms with Crippen LogP contribution < -0.4 is 15.5 Å². The molecule has 28 heavy (non-hydrogen) atoms. The van der Waals surface area contributed by atoms with E-state index in [2.05, 4.69) is 65.8 Å². The summed E-state index contributed by atoms with van der Waals surface area (Å²) in [6.45, 7) is 10.4. The van der Waals surface area contributed by atoms with Crippen molar-refractivity contribution in [1.82, 2.24) is 0 Å². The van der Waals surface area contributed by atoms with E-state index in [0.29, 0.717) is 0 Å². The van der Waals surface area contributed by atoms with Crippen molar-refractivity contribution in [2.45, 2.75) is 20.8 Å². The van der Waals surface area contributed by atoms with Crippen LogP contribution in [-0.4, -0.2) is 44.2 Å². The van der Waals surface area contributed by atoms with Crippen molar-refractivity contribution < 1.29 is 14.7 Å². The van der Waals surface area contributed by atoms with Crippen LogP contribution in [0.4, 0.5) is 11.4 Å². The summed E-state index contributed by atoms with van der Waals surface area (Å²) < 4.78 is 0. The van der Waals surface area contributed by atoms with Gasteiger partial charge in [0.05, 0.1) is 0 Å². The quantitative estimate of drug-likeness (QED) is 0.748. The van der Waals surface area contributed by atoms with Gasteiger partial charge in [-0.1, -0.05) is 35.9 Å². The predicted octanol–water partition coefficient (Wildman–Crippen LogP) is 3.39. The largest absolute Gasteiger partial charge is 0.483 e. The Bertz CT molecular complexity index is 749. The van der Waals surface area contributed by atoms with Gasteiger partial charge in [-0.3, -0.25) is 9.59 Å². The zero-order chi connectivity index (χ0) is 21.1. The van der Waals surface area contributed by atoms with Gasteiger partial charge in [0.15, 0.2) is 0 Å². The molecule has 0 aliphatic carbocycles. The molecule has 3 rings (SSSR count). The SMILES string of the molecule is Cc1ccc(N2CCN(c3c(C)cccc3C)CC2)cc1Cl.NC=O.O=CO. The minimum Gasteiger partial charge on any atom is -0.483 e. The molecule has 2 aromatic rings. The molecule has 3 N–H and O–H groups in total. The van der Waals surface area contributed by atoms with Crippen molar-refractivity contribution in [2.75, 3.05) is 36.0 Å². The molecule has 1 aliphatic rings. The summed E-state index contributed by atoms with van der Waals surface area (Å²) in [4.78, 5) is 21.9. The predicted molar refractivity (Wildman–Crippen MR) is 115 cm³/mol. The molecule has 0 atom stereocenters. The number of aryl methyl sites for hydroxylation is 3. The van der Waals surface area contributed by atoms with Gasteiger partial charge in [-0.2, -0.15) is 0 Å². The molecule has 6 nitrogen and oxygen atoms in total. The van der Waals surface area contributed by atoms with Gasteiger partial charge >= 0.3 is 0 Å². The summed E-state index contributed by atoms with van der Waals surface area (Å²) in [5.74, 6) is 0. The second kappa shape index (κ2) is 11.9. The van der Waals surface area contributed by atoms with Crippen molar-refractivity contribution in [3.8, 4) is 0 Å². The number of carbonyl (C=O) groups excluding carboxylic acids is 1. The maximum Gasteiger partial charge on any atom is 0.290 e. The molecule has 1 amide bonds. The van der Waals surface area contributed by atoms with Crippen molar-refractivity contribution in [2.24, 2.45) is 5.73 Å². The number of nitrogens with zero attached hydrogens (tertiary/aromatic N) is 2. The van der Waals surface area contributed by atoms with Crippen molar-refractivity contribution in [3.05, 3.63) is 58.1 Å². The topological polar surface area (TPSA) is 86.9 Å². The number of hydrogen-bond donors (Lipinski definition) is 2. The van der Waals surface area contributed by atoms with Gasteiger partial charge < -0.3 is 20.6 Å². The number of hydrogen-bond acceptors (Lipinski definition) is 4. The van der Waals surface area contributed by atoms with Crippen molar-refractivity contribution >= 4 is 35.9 Å². The highest BCUT2D eigenvalue weighted by atomic mass is 35.5. The van der Waals surface area contributed by atoms with Gasteiger partial charge in [0.25, 0.3) is 6.47 Å². The normalized spacial score (nSPS) is 12.9. The van der Waals surface area contributed by atoms with Crippen LogP contribution in [0.1, 0.15) is 16.7 Å². The van der Waals surface area contributed by atoms with Gasteiger partial charge in [-0.05, 0) is 49.6 Å². The Labute approximate surface area is 171 Å². The Morgan fingerprint density at radius 3 is 1.86 bits per heavy atom. The second-order valence-corrected chi connectivity index (χ2v) is 6.80. The summed E-state index contributed by atoms with van der Waals surface area (Å²) in [5, 5.41) is 7.75. The van der Waals surface area contributed by atoms with E-state index in [1.807, 2.05) is 6.92 Å². The number of carbonyl (C=O) groups is 2. The number of rotatable bonds is 2. The zero-order valence-corrected chi connectivity index (χ0v) is 17.3. The van der Waals surface area contributed by atoms with E-state index in [-0.39, 0.29) is 12.9 Å². The fourth-order valence-electron chi connectivity index (χ4n) is 3.27. The monoisotopic (exact) mass is 405 g/mol. The first-order chi connectivity index (χ1) is 13.4. The van der Waals surface area contributed by atoms with Crippen LogP contribution >= 0.6 is 11.6 Å². The maximum absolute atomic E-state index is 8.58. The Hall–Kier alpha value is -2.73. The smallest absolute Gasteiger partial charge is 0.290 e. The molecule has 0 radical (unpaired) electrons. The Morgan fingerprint density at radius 2 is 1.39 bits per heavy atom. The average molecular weight is 406 g/mol. The Kier molecular flexibility index (Phi) is 9.88. The number of nitrogens with two attached hydrogens (primary N) is 1. The minimum atomic E-state index is -0.250. The minimum absolute atomic E-state index is 0.250. The molecule has 0 bridgehead atoms. The third-order valence-electron chi connectivity index (χ3n) is 4.56. The molecule has 2 aromatic carbocycles. The molecule has 0 saturated carbocycles. The molecule has 1 aliphatic heterocycles. The maximum atomic E-state index is 8.58. The van der Waals surface area contributed by atoms with Gasteiger partial charge in [-0.25, -0.2) is 0 Å². The highest BCUT2D eigenvalue weighted by molar-refractivity contribution is 6.31. The van der Waals surface area contributed by atoms with Crippen LogP contribution in [0.2, 0.25) is 5.02 Å². The second-order valence-electron chi connectivity index (χ2n) is 6.39. The highest BCUT2D eigenvalue weighted by Gasteiger charge is 2.20. The molecule has 0 aromatic heterocycles. The Morgan fingerprint density at radius 1 is 0.929 bits per heavy atom. The number of halogens is 1. The lowest BCUT2D eigenvalue weighted by Gasteiger charge is -2.38. The summed E-state index contributed by atoms with van der Waals surface area (Å²) in [5.41, 5.74) is 10.7. The van der Waals surface area contributed by atoms with Gasteiger partial charge in [-0.15, -0.1) is 0 Å². The van der Waals surface area contributed by atoms with E-state index in [9.17, 15) is 0 Å². The van der Waals surface area contributed by atoms with Crippen LogP contribution in [-0.2, 0) is 9.59 Å². The van der Waals surface area contributed by atoms with Gasteiger partial charge in [0.2, 0.25) is 6.41 Å². The number of benzene rings is 2. The highest BCUT2D eigenvalue weighted by Crippen LogP contribution is 2.28. The van der Waals surface area contributed by atoms with Gasteiger partial charge in [0.1, 0.15) is 0 Å². The molecule has 1 saturated heterocycles. The summed E-state index contributed by atoms with van der Waals surface area (Å²) >= 11 is 6.26. The molecular formula is C21H28ClN3O3. The van der Waals surface area contributed by atoms with Crippen LogP contribution in [0.5, 0.6) is 0 Å². The van der Waals surface area contributed by atoms with Crippen LogP contribution in [0.15, 0.2) is 36.4 Å². The molecule has 1 heterocycles. The summed E-state index contributed by atoms with van der Waals surface area (Å²) in [6.07, 6.45) is 0.250. The van der Waals surface area contributed by atoms with E-state index < -0.39 is 0 Å². The average Bonchev–Trinajstić information content (AvgIpc) is 2.66. The third kappa shape index (κ3) is 6.46. The number of anilines is 2. The fraction of sp³-hybridized carbons (Fsp3) is 0.333. The van der Waals surface area contributed by atoms with Crippen LogP contribution in [0.3, 0.4) is 0 Å². The molecule has 7 heteroatoms. The molecule has 1 fully saturated rings. The number of amides is 1. The molecular weight excluding hydrogens is 378 g/mol. The molecule has 0 spiro atoms. The van der Waals surface area contributed by atoms with Crippen LogP contribution in [0, 0.1) is 20.8 Å². The number of para-hydroxylation sites is 1. The first-order valence-electron chi connectivity index (χ1n) is 8.95. The van der Waals surface area contributed by atoms with Crippen LogP contribution in [0.25, 0.3) is 0 Å². The van der Waals surface area contributed by atoms with Gasteiger partial charge in [0, 0.05) is 42.6 Å². The van der Waals surface area contributed by atoms with Crippen molar-refractivity contribution in [3.63, 3.8) is 0 Å². The number of primary amides is 1. The third-order valence-corrected chi connectivity index (χ3v) is 4.96. The van der Waals surface area contributed by atoms with Crippen molar-refractivity contribution in [1.29, 1.82) is 0 Å². The lowest BCUT2D eigenvalue weighted by atomic mass is 10.1. The first-order valence-corrected chi connectivity index (χ1v) is 9.32. The first kappa shape index (κ1) is 23.3. The molecule has 0 unspecified atom stereocenters.